The summed E-state index contributed by atoms with van der Waals surface area (Å²) in [4.78, 5) is 36.3. The molecule has 0 aliphatic rings. The highest BCUT2D eigenvalue weighted by molar-refractivity contribution is 5.90. The Morgan fingerprint density at radius 2 is 1.75 bits per heavy atom. The van der Waals surface area contributed by atoms with Crippen molar-refractivity contribution in [3.63, 3.8) is 0 Å². The van der Waals surface area contributed by atoms with Crippen LogP contribution in [0.25, 0.3) is 10.9 Å². The van der Waals surface area contributed by atoms with Crippen LogP contribution < -0.4 is 15.5 Å². The number of H-pyrrole nitrogens is 1. The number of hydrogen-bond acceptors (Lipinski definition) is 7. The molecular weight excluding hydrogens is 320 g/mol. The van der Waals surface area contributed by atoms with Crippen LogP contribution in [-0.4, -0.2) is 51.3 Å². The van der Waals surface area contributed by atoms with Crippen molar-refractivity contribution in [2.75, 3.05) is 0 Å². The number of carboxylic acid groups (broad SMARTS) is 2. The maximum atomic E-state index is 11.7. The van der Waals surface area contributed by atoms with E-state index in [9.17, 15) is 29.7 Å². The summed E-state index contributed by atoms with van der Waals surface area (Å²) in [5, 5.41) is 42.8. The van der Waals surface area contributed by atoms with Crippen molar-refractivity contribution in [1.82, 2.24) is 10.3 Å². The summed E-state index contributed by atoms with van der Waals surface area (Å²) in [6, 6.07) is 5.56. The van der Waals surface area contributed by atoms with Crippen molar-refractivity contribution in [1.29, 1.82) is 0 Å². The molecule has 0 aliphatic heterocycles. The number of benzene rings is 1. The fraction of sp³-hybridized carbons (Fsp3) is 0.267. The van der Waals surface area contributed by atoms with E-state index in [0.29, 0.717) is 5.56 Å². The number of para-hydroxylation sites is 1. The Balaban J connectivity index is 2.14. The monoisotopic (exact) mass is 334 g/mol. The largest absolute Gasteiger partial charge is 0.548 e. The molecule has 9 heteroatoms. The third-order valence-corrected chi connectivity index (χ3v) is 3.51. The molecule has 24 heavy (non-hydrogen) atoms. The molecule has 0 saturated heterocycles. The first kappa shape index (κ1) is 17.4. The summed E-state index contributed by atoms with van der Waals surface area (Å²) < 4.78 is 0. The first-order valence-electron chi connectivity index (χ1n) is 6.94. The first-order valence-corrected chi connectivity index (χ1v) is 6.94. The number of nitrogens with one attached hydrogen (secondary N) is 2. The van der Waals surface area contributed by atoms with Crippen LogP contribution in [0.3, 0.4) is 0 Å². The Bertz CT molecular complexity index is 770. The maximum absolute atomic E-state index is 11.7. The lowest BCUT2D eigenvalue weighted by Gasteiger charge is -2.23. The lowest BCUT2D eigenvalue weighted by molar-refractivity contribution is -0.317. The van der Waals surface area contributed by atoms with Gasteiger partial charge in [0.05, 0.1) is 18.0 Å². The van der Waals surface area contributed by atoms with Gasteiger partial charge in [0.1, 0.15) is 6.10 Å². The number of aromatic amines is 1. The topological polar surface area (TPSA) is 166 Å². The molecule has 1 aromatic heterocycles. The number of carbonyl (C=O) groups is 3. The van der Waals surface area contributed by atoms with Gasteiger partial charge in [-0.2, -0.15) is 0 Å². The molecule has 0 spiro atoms. The number of fused-ring (bicyclic) bond motifs is 1. The summed E-state index contributed by atoms with van der Waals surface area (Å²) >= 11 is 0. The fourth-order valence-electron chi connectivity index (χ4n) is 2.24. The number of rotatable bonds is 7. The molecule has 0 bridgehead atoms. The zero-order valence-corrected chi connectivity index (χ0v) is 12.3. The molecule has 1 heterocycles. The van der Waals surface area contributed by atoms with Gasteiger partial charge in [0, 0.05) is 23.5 Å². The van der Waals surface area contributed by atoms with Crippen LogP contribution in [0.1, 0.15) is 5.56 Å². The average molecular weight is 334 g/mol. The number of aliphatic hydroxyl groups is 2. The SMILES string of the molecule is O=C([O-])C(Cc1c[nH]c2ccccc12)NC(=O)C(O)C(O)C(=O)[O-]. The van der Waals surface area contributed by atoms with Gasteiger partial charge < -0.3 is 40.3 Å². The van der Waals surface area contributed by atoms with Crippen LogP contribution in [0, 0.1) is 0 Å². The molecular formula is C15H14N2O7-2. The molecule has 2 rings (SSSR count). The minimum atomic E-state index is -2.47. The van der Waals surface area contributed by atoms with Crippen LogP contribution in [0.2, 0.25) is 0 Å². The van der Waals surface area contributed by atoms with Crippen LogP contribution in [-0.2, 0) is 20.8 Å². The smallest absolute Gasteiger partial charge is 0.252 e. The normalized spacial score (nSPS) is 14.8. The number of carbonyl (C=O) groups excluding carboxylic acids is 3. The molecule has 1 aromatic carbocycles. The molecule has 3 atom stereocenters. The van der Waals surface area contributed by atoms with Crippen molar-refractivity contribution in [3.8, 4) is 0 Å². The van der Waals surface area contributed by atoms with Crippen molar-refractivity contribution in [3.05, 3.63) is 36.0 Å². The van der Waals surface area contributed by atoms with Gasteiger partial charge in [0.2, 0.25) is 0 Å². The van der Waals surface area contributed by atoms with E-state index in [1.165, 1.54) is 0 Å². The molecule has 0 fully saturated rings. The fourth-order valence-corrected chi connectivity index (χ4v) is 2.24. The summed E-state index contributed by atoms with van der Waals surface area (Å²) in [5.74, 6) is -5.04. The number of carboxylic acids is 2. The highest BCUT2D eigenvalue weighted by Crippen LogP contribution is 2.19. The van der Waals surface area contributed by atoms with Gasteiger partial charge >= 0.3 is 0 Å². The number of aromatic nitrogens is 1. The van der Waals surface area contributed by atoms with Gasteiger partial charge in [0.25, 0.3) is 5.91 Å². The number of aliphatic carboxylic acids is 2. The van der Waals surface area contributed by atoms with Crippen molar-refractivity contribution in [2.24, 2.45) is 0 Å². The highest BCUT2D eigenvalue weighted by atomic mass is 16.4. The second kappa shape index (κ2) is 7.11. The van der Waals surface area contributed by atoms with E-state index in [1.807, 2.05) is 5.32 Å². The van der Waals surface area contributed by atoms with Gasteiger partial charge in [-0.25, -0.2) is 0 Å². The number of aliphatic hydroxyl groups excluding tert-OH is 2. The van der Waals surface area contributed by atoms with Crippen LogP contribution in [0.4, 0.5) is 0 Å². The summed E-state index contributed by atoms with van der Waals surface area (Å²) in [6.45, 7) is 0. The van der Waals surface area contributed by atoms with Crippen molar-refractivity contribution in [2.45, 2.75) is 24.7 Å². The van der Waals surface area contributed by atoms with E-state index in [4.69, 9.17) is 5.11 Å². The molecule has 0 radical (unpaired) electrons. The molecule has 0 aliphatic carbocycles. The van der Waals surface area contributed by atoms with Crippen molar-refractivity contribution < 1.29 is 34.8 Å². The van der Waals surface area contributed by atoms with E-state index >= 15 is 0 Å². The number of amides is 1. The standard InChI is InChI=1S/C15H16N2O7/c18-11(12(19)15(23)24)13(20)17-10(14(21)22)5-7-6-16-9-4-2-1-3-8(7)9/h1-4,6,10-12,16,18-19H,5H2,(H,17,20)(H,21,22)(H,23,24)/p-2. The predicted molar refractivity (Wildman–Crippen MR) is 76.0 cm³/mol. The van der Waals surface area contributed by atoms with E-state index < -0.39 is 36.1 Å². The Kier molecular flexibility index (Phi) is 5.17. The Labute approximate surface area is 135 Å². The van der Waals surface area contributed by atoms with E-state index in [1.54, 1.807) is 30.5 Å². The Morgan fingerprint density at radius 1 is 1.08 bits per heavy atom. The quantitative estimate of drug-likeness (QED) is 0.406. The summed E-state index contributed by atoms with van der Waals surface area (Å²) in [5.41, 5.74) is 1.35. The van der Waals surface area contributed by atoms with Gasteiger partial charge in [-0.3, -0.25) is 4.79 Å². The average Bonchev–Trinajstić information content (AvgIpc) is 2.95. The van der Waals surface area contributed by atoms with Gasteiger partial charge in [-0.1, -0.05) is 18.2 Å². The Morgan fingerprint density at radius 3 is 2.38 bits per heavy atom. The van der Waals surface area contributed by atoms with E-state index in [2.05, 4.69) is 4.98 Å². The molecule has 1 amide bonds. The molecule has 128 valence electrons. The highest BCUT2D eigenvalue weighted by Gasteiger charge is 2.27. The summed E-state index contributed by atoms with van der Waals surface area (Å²) in [7, 11) is 0. The lowest BCUT2D eigenvalue weighted by Crippen LogP contribution is -2.56. The minimum absolute atomic E-state index is 0.160. The Hall–Kier alpha value is -2.91. The third-order valence-electron chi connectivity index (χ3n) is 3.51. The molecule has 3 unspecified atom stereocenters. The van der Waals surface area contributed by atoms with E-state index in [0.717, 1.165) is 10.9 Å². The number of hydrogen-bond donors (Lipinski definition) is 4. The first-order chi connectivity index (χ1) is 11.3. The van der Waals surface area contributed by atoms with Crippen LogP contribution in [0.15, 0.2) is 30.5 Å². The maximum Gasteiger partial charge on any atom is 0.252 e. The molecule has 0 saturated carbocycles. The van der Waals surface area contributed by atoms with Crippen LogP contribution in [0.5, 0.6) is 0 Å². The van der Waals surface area contributed by atoms with Gasteiger partial charge in [0.15, 0.2) is 6.10 Å². The van der Waals surface area contributed by atoms with Gasteiger partial charge in [-0.05, 0) is 11.6 Å². The summed E-state index contributed by atoms with van der Waals surface area (Å²) in [6.07, 6.45) is -3.42. The van der Waals surface area contributed by atoms with Crippen LogP contribution >= 0.6 is 0 Å². The zero-order valence-electron chi connectivity index (χ0n) is 12.3. The third kappa shape index (κ3) is 3.70. The minimum Gasteiger partial charge on any atom is -0.548 e. The lowest BCUT2D eigenvalue weighted by atomic mass is 10.0. The zero-order chi connectivity index (χ0) is 17.9. The van der Waals surface area contributed by atoms with Gasteiger partial charge in [-0.15, -0.1) is 0 Å². The molecule has 2 aromatic rings. The van der Waals surface area contributed by atoms with Crippen molar-refractivity contribution >= 4 is 28.7 Å². The van der Waals surface area contributed by atoms with E-state index in [-0.39, 0.29) is 6.42 Å². The second-order valence-corrected chi connectivity index (χ2v) is 5.15. The predicted octanol–water partition coefficient (Wildman–Crippen LogP) is -3.58. The second-order valence-electron chi connectivity index (χ2n) is 5.15. The molecule has 9 nitrogen and oxygen atoms in total. The molecule has 4 N–H and O–H groups in total.